The van der Waals surface area contributed by atoms with Crippen LogP contribution in [0.3, 0.4) is 0 Å². The highest BCUT2D eigenvalue weighted by atomic mass is 32.1. The van der Waals surface area contributed by atoms with Gasteiger partial charge in [0.25, 0.3) is 5.91 Å². The number of ether oxygens (including phenoxy) is 1. The molecule has 0 atom stereocenters. The van der Waals surface area contributed by atoms with Crippen molar-refractivity contribution in [1.82, 2.24) is 9.88 Å². The van der Waals surface area contributed by atoms with E-state index in [0.717, 1.165) is 18.2 Å². The lowest BCUT2D eigenvalue weighted by Gasteiger charge is -2.25. The molecule has 106 valence electrons. The van der Waals surface area contributed by atoms with Gasteiger partial charge in [0.15, 0.2) is 5.13 Å². The Morgan fingerprint density at radius 1 is 1.42 bits per heavy atom. The van der Waals surface area contributed by atoms with Gasteiger partial charge in [0.1, 0.15) is 10.7 Å². The average molecular weight is 284 g/mol. The van der Waals surface area contributed by atoms with Crippen LogP contribution in [0, 0.1) is 0 Å². The molecule has 1 aromatic rings. The van der Waals surface area contributed by atoms with Crippen LogP contribution in [0.4, 0.5) is 10.9 Å². The van der Waals surface area contributed by atoms with Gasteiger partial charge < -0.3 is 20.3 Å². The Bertz CT molecular complexity index is 439. The summed E-state index contributed by atoms with van der Waals surface area (Å²) in [6.07, 6.45) is 0. The summed E-state index contributed by atoms with van der Waals surface area (Å²) >= 11 is 1.38. The van der Waals surface area contributed by atoms with Gasteiger partial charge in [-0.15, -0.1) is 0 Å². The van der Waals surface area contributed by atoms with E-state index in [2.05, 4.69) is 9.88 Å². The quantitative estimate of drug-likeness (QED) is 0.894. The highest BCUT2D eigenvalue weighted by Crippen LogP contribution is 2.29. The van der Waals surface area contributed by atoms with Gasteiger partial charge in [-0.2, -0.15) is 0 Å². The first-order valence-corrected chi connectivity index (χ1v) is 7.37. The van der Waals surface area contributed by atoms with Crippen molar-refractivity contribution in [2.75, 3.05) is 50.0 Å². The molecule has 1 amide bonds. The third kappa shape index (κ3) is 2.98. The molecule has 0 spiro atoms. The molecule has 1 aromatic heterocycles. The van der Waals surface area contributed by atoms with Gasteiger partial charge in [0.2, 0.25) is 0 Å². The van der Waals surface area contributed by atoms with Gasteiger partial charge in [-0.25, -0.2) is 4.98 Å². The number of nitrogens with zero attached hydrogens (tertiary/aromatic N) is 3. The minimum Gasteiger partial charge on any atom is -0.382 e. The molecule has 2 N–H and O–H groups in total. The second kappa shape index (κ2) is 6.21. The summed E-state index contributed by atoms with van der Waals surface area (Å²) in [6, 6.07) is 0. The van der Waals surface area contributed by atoms with Crippen LogP contribution in [0.5, 0.6) is 0 Å². The molecule has 1 saturated heterocycles. The Hall–Kier alpha value is -1.34. The second-order valence-electron chi connectivity index (χ2n) is 4.29. The van der Waals surface area contributed by atoms with Gasteiger partial charge in [-0.3, -0.25) is 4.79 Å². The van der Waals surface area contributed by atoms with Crippen LogP contribution in [-0.4, -0.2) is 55.2 Å². The van der Waals surface area contributed by atoms with E-state index in [9.17, 15) is 4.79 Å². The maximum absolute atomic E-state index is 12.3. The summed E-state index contributed by atoms with van der Waals surface area (Å²) in [6.45, 7) is 8.26. The van der Waals surface area contributed by atoms with E-state index in [0.29, 0.717) is 37.0 Å². The molecule has 0 aromatic carbocycles. The number of anilines is 2. The molecule has 0 radical (unpaired) electrons. The van der Waals surface area contributed by atoms with Crippen molar-refractivity contribution >= 4 is 28.2 Å². The van der Waals surface area contributed by atoms with Gasteiger partial charge >= 0.3 is 0 Å². The molecular weight excluding hydrogens is 264 g/mol. The number of morpholine rings is 1. The minimum atomic E-state index is -0.0282. The van der Waals surface area contributed by atoms with Crippen LogP contribution in [0.25, 0.3) is 0 Å². The molecule has 0 unspecified atom stereocenters. The molecular formula is C12H20N4O2S. The Morgan fingerprint density at radius 2 is 2.05 bits per heavy atom. The normalized spacial score (nSPS) is 15.6. The van der Waals surface area contributed by atoms with E-state index in [1.807, 2.05) is 13.8 Å². The summed E-state index contributed by atoms with van der Waals surface area (Å²) in [7, 11) is 0. The molecule has 0 saturated carbocycles. The van der Waals surface area contributed by atoms with E-state index in [1.54, 1.807) is 4.90 Å². The van der Waals surface area contributed by atoms with Crippen molar-refractivity contribution in [3.63, 3.8) is 0 Å². The molecule has 7 heteroatoms. The molecule has 0 aliphatic carbocycles. The standard InChI is InChI=1S/C12H20N4O2S/c1-3-15(4-2)11(17)9-10(13)14-12(19-9)16-5-7-18-8-6-16/h3-8,13H2,1-2H3. The zero-order valence-corrected chi connectivity index (χ0v) is 12.2. The van der Waals surface area contributed by atoms with E-state index < -0.39 is 0 Å². The van der Waals surface area contributed by atoms with Crippen molar-refractivity contribution in [3.05, 3.63) is 4.88 Å². The monoisotopic (exact) mass is 284 g/mol. The predicted molar refractivity (Wildman–Crippen MR) is 76.8 cm³/mol. The number of carbonyl (C=O) groups is 1. The first-order chi connectivity index (χ1) is 9.17. The molecule has 19 heavy (non-hydrogen) atoms. The number of thiazole rings is 1. The van der Waals surface area contributed by atoms with Crippen molar-refractivity contribution in [2.45, 2.75) is 13.8 Å². The maximum atomic E-state index is 12.3. The lowest BCUT2D eigenvalue weighted by atomic mass is 10.4. The van der Waals surface area contributed by atoms with Crippen LogP contribution >= 0.6 is 11.3 Å². The zero-order chi connectivity index (χ0) is 13.8. The number of rotatable bonds is 4. The van der Waals surface area contributed by atoms with Gasteiger partial charge in [-0.1, -0.05) is 11.3 Å². The second-order valence-corrected chi connectivity index (χ2v) is 5.27. The molecule has 1 aliphatic heterocycles. The average Bonchev–Trinajstić information content (AvgIpc) is 2.83. The van der Waals surface area contributed by atoms with Crippen molar-refractivity contribution in [2.24, 2.45) is 0 Å². The number of hydrogen-bond donors (Lipinski definition) is 1. The summed E-state index contributed by atoms with van der Waals surface area (Å²) < 4.78 is 5.31. The van der Waals surface area contributed by atoms with Crippen LogP contribution in [-0.2, 0) is 4.74 Å². The molecule has 2 heterocycles. The molecule has 1 aliphatic rings. The Kier molecular flexibility index (Phi) is 4.60. The third-order valence-electron chi connectivity index (χ3n) is 3.17. The van der Waals surface area contributed by atoms with E-state index in [1.165, 1.54) is 11.3 Å². The fourth-order valence-corrected chi connectivity index (χ4v) is 3.02. The molecule has 1 fully saturated rings. The number of nitrogens with two attached hydrogens (primary N) is 1. The first-order valence-electron chi connectivity index (χ1n) is 6.55. The first kappa shape index (κ1) is 14.1. The van der Waals surface area contributed by atoms with Gasteiger partial charge in [0.05, 0.1) is 13.2 Å². The third-order valence-corrected chi connectivity index (χ3v) is 4.29. The summed E-state index contributed by atoms with van der Waals surface area (Å²) in [5.41, 5.74) is 5.89. The maximum Gasteiger partial charge on any atom is 0.267 e. The summed E-state index contributed by atoms with van der Waals surface area (Å²) in [5.74, 6) is 0.308. The fourth-order valence-electron chi connectivity index (χ4n) is 2.02. The van der Waals surface area contributed by atoms with Crippen LogP contribution in [0.2, 0.25) is 0 Å². The summed E-state index contributed by atoms with van der Waals surface area (Å²) in [5, 5.41) is 0.816. The van der Waals surface area contributed by atoms with Crippen LogP contribution in [0.1, 0.15) is 23.5 Å². The van der Waals surface area contributed by atoms with Crippen molar-refractivity contribution in [3.8, 4) is 0 Å². The van der Waals surface area contributed by atoms with E-state index in [4.69, 9.17) is 10.5 Å². The van der Waals surface area contributed by atoms with Gasteiger partial charge in [0, 0.05) is 26.2 Å². The topological polar surface area (TPSA) is 71.7 Å². The Balaban J connectivity index is 2.18. The van der Waals surface area contributed by atoms with Crippen LogP contribution < -0.4 is 10.6 Å². The Labute approximate surface area is 117 Å². The van der Waals surface area contributed by atoms with Crippen molar-refractivity contribution in [1.29, 1.82) is 0 Å². The number of aromatic nitrogens is 1. The lowest BCUT2D eigenvalue weighted by Crippen LogP contribution is -2.36. The fraction of sp³-hybridized carbons (Fsp3) is 0.667. The Morgan fingerprint density at radius 3 is 2.63 bits per heavy atom. The smallest absolute Gasteiger partial charge is 0.267 e. The predicted octanol–water partition coefficient (Wildman–Crippen LogP) is 1.04. The number of hydrogen-bond acceptors (Lipinski definition) is 6. The molecule has 0 bridgehead atoms. The van der Waals surface area contributed by atoms with E-state index >= 15 is 0 Å². The largest absolute Gasteiger partial charge is 0.382 e. The lowest BCUT2D eigenvalue weighted by molar-refractivity contribution is 0.0778. The zero-order valence-electron chi connectivity index (χ0n) is 11.4. The van der Waals surface area contributed by atoms with Gasteiger partial charge in [-0.05, 0) is 13.8 Å². The molecule has 2 rings (SSSR count). The highest BCUT2D eigenvalue weighted by Gasteiger charge is 2.23. The van der Waals surface area contributed by atoms with E-state index in [-0.39, 0.29) is 5.91 Å². The van der Waals surface area contributed by atoms with Crippen LogP contribution in [0.15, 0.2) is 0 Å². The number of carbonyl (C=O) groups excluding carboxylic acids is 1. The SMILES string of the molecule is CCN(CC)C(=O)c1sc(N2CCOCC2)nc1N. The highest BCUT2D eigenvalue weighted by molar-refractivity contribution is 7.18. The number of nitrogen functional groups attached to an aromatic ring is 1. The number of amides is 1. The van der Waals surface area contributed by atoms with Crippen molar-refractivity contribution < 1.29 is 9.53 Å². The minimum absolute atomic E-state index is 0.0282. The summed E-state index contributed by atoms with van der Waals surface area (Å²) in [4.78, 5) is 21.0. The molecule has 6 nitrogen and oxygen atoms in total.